The molecule has 1 rings (SSSR count). The molecule has 0 radical (unpaired) electrons. The van der Waals surface area contributed by atoms with E-state index in [0.717, 1.165) is 5.56 Å². The van der Waals surface area contributed by atoms with Gasteiger partial charge in [-0.15, -0.1) is 0 Å². The monoisotopic (exact) mass is 231 g/mol. The first-order chi connectivity index (χ1) is 6.88. The highest BCUT2D eigenvalue weighted by molar-refractivity contribution is 7.90. The Morgan fingerprint density at radius 3 is 2.67 bits per heavy atom. The second-order valence-electron chi connectivity index (χ2n) is 3.52. The van der Waals surface area contributed by atoms with Crippen molar-refractivity contribution in [1.82, 2.24) is 0 Å². The molecule has 0 aromatic heterocycles. The third-order valence-electron chi connectivity index (χ3n) is 1.99. The van der Waals surface area contributed by atoms with Crippen molar-refractivity contribution in [3.05, 3.63) is 29.6 Å². The van der Waals surface area contributed by atoms with Gasteiger partial charge in [0.05, 0.1) is 5.75 Å². The fraction of sp³-hybridized carbons (Fsp3) is 0.400. The van der Waals surface area contributed by atoms with Crippen LogP contribution in [0.3, 0.4) is 0 Å². The lowest BCUT2D eigenvalue weighted by Crippen LogP contribution is -2.14. The fourth-order valence-corrected chi connectivity index (χ4v) is 1.63. The SMILES string of the molecule is Cc1ccc(F)cc1NCCS(C)(=O)=O. The van der Waals surface area contributed by atoms with Crippen LogP contribution in [0.5, 0.6) is 0 Å². The van der Waals surface area contributed by atoms with Gasteiger partial charge in [0.2, 0.25) is 0 Å². The lowest BCUT2D eigenvalue weighted by atomic mass is 10.2. The summed E-state index contributed by atoms with van der Waals surface area (Å²) in [7, 11) is -2.97. The lowest BCUT2D eigenvalue weighted by Gasteiger charge is -2.08. The molecule has 0 saturated heterocycles. The van der Waals surface area contributed by atoms with E-state index in [-0.39, 0.29) is 11.6 Å². The zero-order valence-electron chi connectivity index (χ0n) is 8.75. The molecule has 0 fully saturated rings. The zero-order valence-corrected chi connectivity index (χ0v) is 9.57. The Labute approximate surface area is 89.2 Å². The number of anilines is 1. The summed E-state index contributed by atoms with van der Waals surface area (Å²) in [6.07, 6.45) is 1.17. The van der Waals surface area contributed by atoms with Crippen molar-refractivity contribution in [1.29, 1.82) is 0 Å². The second-order valence-corrected chi connectivity index (χ2v) is 5.78. The van der Waals surface area contributed by atoms with Crippen LogP contribution in [-0.4, -0.2) is 27.0 Å². The summed E-state index contributed by atoms with van der Waals surface area (Å²) >= 11 is 0. The maximum atomic E-state index is 12.9. The van der Waals surface area contributed by atoms with Crippen LogP contribution in [0.15, 0.2) is 18.2 Å². The first-order valence-corrected chi connectivity index (χ1v) is 6.62. The minimum atomic E-state index is -2.97. The van der Waals surface area contributed by atoms with Crippen molar-refractivity contribution < 1.29 is 12.8 Å². The number of benzene rings is 1. The number of hydrogen-bond donors (Lipinski definition) is 1. The van der Waals surface area contributed by atoms with Crippen molar-refractivity contribution in [2.24, 2.45) is 0 Å². The summed E-state index contributed by atoms with van der Waals surface area (Å²) in [5.41, 5.74) is 1.53. The Balaban J connectivity index is 2.61. The van der Waals surface area contributed by atoms with E-state index < -0.39 is 9.84 Å². The summed E-state index contributed by atoms with van der Waals surface area (Å²) in [4.78, 5) is 0. The molecule has 0 aliphatic rings. The first-order valence-electron chi connectivity index (χ1n) is 4.56. The van der Waals surface area contributed by atoms with E-state index in [1.807, 2.05) is 6.92 Å². The van der Waals surface area contributed by atoms with Gasteiger partial charge in [0.15, 0.2) is 0 Å². The number of nitrogens with one attached hydrogen (secondary N) is 1. The Bertz CT molecular complexity index is 443. The van der Waals surface area contributed by atoms with Crippen molar-refractivity contribution in [3.8, 4) is 0 Å². The maximum Gasteiger partial charge on any atom is 0.149 e. The van der Waals surface area contributed by atoms with Crippen molar-refractivity contribution in [2.45, 2.75) is 6.92 Å². The number of rotatable bonds is 4. The highest BCUT2D eigenvalue weighted by Gasteiger charge is 2.03. The molecular weight excluding hydrogens is 217 g/mol. The predicted octanol–water partition coefficient (Wildman–Crippen LogP) is 1.59. The van der Waals surface area contributed by atoms with Gasteiger partial charge in [-0.2, -0.15) is 0 Å². The predicted molar refractivity (Wildman–Crippen MR) is 59.3 cm³/mol. The second kappa shape index (κ2) is 4.61. The zero-order chi connectivity index (χ0) is 11.5. The van der Waals surface area contributed by atoms with Crippen LogP contribution in [-0.2, 0) is 9.84 Å². The topological polar surface area (TPSA) is 46.2 Å². The van der Waals surface area contributed by atoms with Gasteiger partial charge >= 0.3 is 0 Å². The van der Waals surface area contributed by atoms with Gasteiger partial charge in [0.25, 0.3) is 0 Å². The Morgan fingerprint density at radius 2 is 2.07 bits per heavy atom. The van der Waals surface area contributed by atoms with Gasteiger partial charge in [-0.3, -0.25) is 0 Å². The normalized spacial score (nSPS) is 11.4. The van der Waals surface area contributed by atoms with Gasteiger partial charge in [-0.25, -0.2) is 12.8 Å². The van der Waals surface area contributed by atoms with Crippen LogP contribution in [0.4, 0.5) is 10.1 Å². The molecule has 1 N–H and O–H groups in total. The van der Waals surface area contributed by atoms with E-state index in [4.69, 9.17) is 0 Å². The third kappa shape index (κ3) is 4.29. The maximum absolute atomic E-state index is 12.9. The van der Waals surface area contributed by atoms with Crippen molar-refractivity contribution >= 4 is 15.5 Å². The number of hydrogen-bond acceptors (Lipinski definition) is 3. The Kier molecular flexibility index (Phi) is 3.68. The molecule has 0 amide bonds. The van der Waals surface area contributed by atoms with Crippen LogP contribution in [0.25, 0.3) is 0 Å². The average Bonchev–Trinajstić information content (AvgIpc) is 2.09. The number of halogens is 1. The summed E-state index contributed by atoms with van der Waals surface area (Å²) in [6, 6.07) is 4.38. The van der Waals surface area contributed by atoms with Crippen LogP contribution < -0.4 is 5.32 Å². The average molecular weight is 231 g/mol. The molecule has 0 spiro atoms. The molecule has 5 heteroatoms. The van der Waals surface area contributed by atoms with Crippen LogP contribution in [0.2, 0.25) is 0 Å². The van der Waals surface area contributed by atoms with E-state index in [1.54, 1.807) is 6.07 Å². The standard InChI is InChI=1S/C10H14FNO2S/c1-8-3-4-9(11)7-10(8)12-5-6-15(2,13)14/h3-4,7,12H,5-6H2,1-2H3. The minimum Gasteiger partial charge on any atom is -0.384 e. The molecule has 0 bridgehead atoms. The van der Waals surface area contributed by atoms with E-state index >= 15 is 0 Å². The highest BCUT2D eigenvalue weighted by atomic mass is 32.2. The summed E-state index contributed by atoms with van der Waals surface area (Å²) < 4.78 is 34.6. The molecule has 3 nitrogen and oxygen atoms in total. The van der Waals surface area contributed by atoms with Crippen LogP contribution in [0, 0.1) is 12.7 Å². The van der Waals surface area contributed by atoms with Gasteiger partial charge in [0, 0.05) is 18.5 Å². The number of sulfone groups is 1. The quantitative estimate of drug-likeness (QED) is 0.856. The number of aryl methyl sites for hydroxylation is 1. The molecule has 0 unspecified atom stereocenters. The molecule has 15 heavy (non-hydrogen) atoms. The van der Waals surface area contributed by atoms with Crippen LogP contribution in [0.1, 0.15) is 5.56 Å². The Hall–Kier alpha value is -1.10. The summed E-state index contributed by atoms with van der Waals surface area (Å²) in [5.74, 6) is -0.286. The van der Waals surface area contributed by atoms with E-state index in [1.165, 1.54) is 18.4 Å². The highest BCUT2D eigenvalue weighted by Crippen LogP contribution is 2.15. The van der Waals surface area contributed by atoms with Crippen LogP contribution >= 0.6 is 0 Å². The largest absolute Gasteiger partial charge is 0.384 e. The van der Waals surface area contributed by atoms with Gasteiger partial charge in [0.1, 0.15) is 15.7 Å². The summed E-state index contributed by atoms with van der Waals surface area (Å²) in [5, 5.41) is 2.89. The minimum absolute atomic E-state index is 0.0446. The smallest absolute Gasteiger partial charge is 0.149 e. The molecular formula is C10H14FNO2S. The Morgan fingerprint density at radius 1 is 1.40 bits per heavy atom. The van der Waals surface area contributed by atoms with Crippen molar-refractivity contribution in [2.75, 3.05) is 23.9 Å². The first kappa shape index (κ1) is 12.0. The van der Waals surface area contributed by atoms with E-state index in [2.05, 4.69) is 5.32 Å². The van der Waals surface area contributed by atoms with E-state index in [0.29, 0.717) is 12.2 Å². The summed E-state index contributed by atoms with van der Waals surface area (Å²) in [6.45, 7) is 2.13. The van der Waals surface area contributed by atoms with Gasteiger partial charge in [-0.1, -0.05) is 6.07 Å². The molecule has 0 aliphatic carbocycles. The molecule has 0 saturated carbocycles. The molecule has 1 aromatic rings. The fourth-order valence-electron chi connectivity index (χ4n) is 1.16. The third-order valence-corrected chi connectivity index (χ3v) is 2.93. The molecule has 84 valence electrons. The van der Waals surface area contributed by atoms with E-state index in [9.17, 15) is 12.8 Å². The molecule has 0 aliphatic heterocycles. The lowest BCUT2D eigenvalue weighted by molar-refractivity contribution is 0.602. The van der Waals surface area contributed by atoms with Gasteiger partial charge in [-0.05, 0) is 24.6 Å². The molecule has 0 atom stereocenters. The molecule has 0 heterocycles. The van der Waals surface area contributed by atoms with Crippen molar-refractivity contribution in [3.63, 3.8) is 0 Å². The molecule has 1 aromatic carbocycles. The van der Waals surface area contributed by atoms with Gasteiger partial charge < -0.3 is 5.32 Å².